The van der Waals surface area contributed by atoms with Gasteiger partial charge in [-0.05, 0) is 6.42 Å². The summed E-state index contributed by atoms with van der Waals surface area (Å²) in [5, 5.41) is 13.0. The zero-order valence-corrected chi connectivity index (χ0v) is 9.93. The fourth-order valence-electron chi connectivity index (χ4n) is 0.481. The molecule has 1 fully saturated rings. The maximum absolute atomic E-state index is 10.2. The van der Waals surface area contributed by atoms with Crippen molar-refractivity contribution < 1.29 is 52.7 Å². The molecule has 0 aromatic heterocycles. The molecule has 0 aliphatic carbocycles. The maximum atomic E-state index is 10.2. The van der Waals surface area contributed by atoms with Gasteiger partial charge in [0.2, 0.25) is 0 Å². The molecular weight excluding hydrogens is 203 g/mol. The fraction of sp³-hybridized carbons (Fsp3) is 1.00. The van der Waals surface area contributed by atoms with Gasteiger partial charge in [0.15, 0.2) is 0 Å². The Morgan fingerprint density at radius 3 is 1.91 bits per heavy atom. The molecule has 1 rings (SSSR count). The Morgan fingerprint density at radius 1 is 1.36 bits per heavy atom. The number of hydrogen-bond acceptors (Lipinski definition) is 5. The van der Waals surface area contributed by atoms with Crippen molar-refractivity contribution in [2.45, 2.75) is 6.42 Å². The van der Waals surface area contributed by atoms with Crippen LogP contribution in [-0.4, -0.2) is 26.0 Å². The van der Waals surface area contributed by atoms with E-state index >= 15 is 0 Å². The first-order valence-corrected chi connectivity index (χ1v) is 3.84. The topological polar surface area (TPSA) is 86.7 Å². The summed E-state index contributed by atoms with van der Waals surface area (Å²) < 4.78 is 24.7. The molecule has 0 radical (unpaired) electrons. The van der Waals surface area contributed by atoms with Gasteiger partial charge in [0.05, 0.1) is 12.4 Å². The molecule has 11 heavy (non-hydrogen) atoms. The molecule has 5 nitrogen and oxygen atoms in total. The zero-order chi connectivity index (χ0) is 7.33. The first kappa shape index (κ1) is 18.1. The third-order valence-electron chi connectivity index (χ3n) is 0.802. The molecule has 0 amide bonds. The van der Waals surface area contributed by atoms with Crippen molar-refractivity contribution in [1.82, 2.24) is 0 Å². The molecular formula is C3H9NaO5S2. The third kappa shape index (κ3) is 9.09. The van der Waals surface area contributed by atoms with E-state index in [4.69, 9.17) is 10.5 Å². The monoisotopic (exact) mass is 212 g/mol. The van der Waals surface area contributed by atoms with Crippen LogP contribution < -0.4 is 34.8 Å². The van der Waals surface area contributed by atoms with Crippen LogP contribution in [0.3, 0.4) is 0 Å². The van der Waals surface area contributed by atoms with E-state index in [1.807, 2.05) is 0 Å². The van der Waals surface area contributed by atoms with E-state index in [1.165, 1.54) is 0 Å². The first-order chi connectivity index (χ1) is 4.21. The Balaban J connectivity index is -0.000000149. The normalized spacial score (nSPS) is 18.4. The summed E-state index contributed by atoms with van der Waals surface area (Å²) in [7, 11) is -3.05. The molecule has 0 saturated carbocycles. The van der Waals surface area contributed by atoms with Gasteiger partial charge in [-0.3, -0.25) is 4.18 Å². The van der Waals surface area contributed by atoms with Gasteiger partial charge in [0.25, 0.3) is 10.1 Å². The molecule has 0 aromatic carbocycles. The first-order valence-electron chi connectivity index (χ1n) is 2.26. The molecule has 1 saturated heterocycles. The largest absolute Gasteiger partial charge is 1.00 e. The summed E-state index contributed by atoms with van der Waals surface area (Å²) in [6, 6.07) is 0. The molecule has 0 aromatic rings. The van der Waals surface area contributed by atoms with Crippen LogP contribution in [0.4, 0.5) is 0 Å². The van der Waals surface area contributed by atoms with Crippen LogP contribution in [0.5, 0.6) is 0 Å². The van der Waals surface area contributed by atoms with Gasteiger partial charge >= 0.3 is 29.6 Å². The van der Waals surface area contributed by atoms with E-state index in [9.17, 15) is 8.42 Å². The van der Waals surface area contributed by atoms with Gasteiger partial charge in [-0.1, -0.05) is 0 Å². The smallest absolute Gasteiger partial charge is 0.727 e. The third-order valence-corrected chi connectivity index (χ3v) is 2.12. The molecule has 1 heterocycles. The number of hydrogen-bond donors (Lipinski definition) is 1. The van der Waals surface area contributed by atoms with Crippen LogP contribution in [-0.2, 0) is 14.3 Å². The molecule has 8 heteroatoms. The molecule has 1 aliphatic rings. The van der Waals surface area contributed by atoms with Crippen molar-refractivity contribution in [2.24, 2.45) is 0 Å². The predicted molar refractivity (Wildman–Crippen MR) is 37.4 cm³/mol. The second kappa shape index (κ2) is 9.27. The summed E-state index contributed by atoms with van der Waals surface area (Å²) in [6.45, 7) is 0.377. The standard InChI is InChI=1S/C3H6O3S.Na.H2O2.H2S/c4-7(5)3-1-2-6-7;;1-2;/h1-3H2;;1-2H;1H2/q;+1;;/p-1. The Morgan fingerprint density at radius 2 is 1.82 bits per heavy atom. The van der Waals surface area contributed by atoms with Crippen molar-refractivity contribution in [3.63, 3.8) is 0 Å². The average molecular weight is 212 g/mol. The maximum Gasteiger partial charge on any atom is 1.00 e. The van der Waals surface area contributed by atoms with Gasteiger partial charge in [0.1, 0.15) is 0 Å². The van der Waals surface area contributed by atoms with Gasteiger partial charge in [-0.15, -0.1) is 0 Å². The Kier molecular flexibility index (Phi) is 15.2. The molecule has 0 spiro atoms. The van der Waals surface area contributed by atoms with E-state index < -0.39 is 10.1 Å². The molecule has 64 valence electrons. The SMILES string of the molecule is O=S1(=O)CCCO1.S.[Na+].[O-]O. The summed E-state index contributed by atoms with van der Waals surface area (Å²) in [5.41, 5.74) is 0. The quantitative estimate of drug-likeness (QED) is 0.190. The van der Waals surface area contributed by atoms with Crippen molar-refractivity contribution in [2.75, 3.05) is 12.4 Å². The molecule has 1 N–H and O–H groups in total. The van der Waals surface area contributed by atoms with E-state index in [1.54, 1.807) is 0 Å². The molecule has 0 bridgehead atoms. The van der Waals surface area contributed by atoms with Crippen LogP contribution in [0.1, 0.15) is 6.42 Å². The Labute approximate surface area is 94.5 Å². The van der Waals surface area contributed by atoms with E-state index in [0.717, 1.165) is 0 Å². The Hall–Kier alpha value is 1.18. The van der Waals surface area contributed by atoms with Crippen LogP contribution >= 0.6 is 13.5 Å². The summed E-state index contributed by atoms with van der Waals surface area (Å²) in [5.74, 6) is 0.201. The van der Waals surface area contributed by atoms with Crippen LogP contribution in [0, 0.1) is 0 Å². The molecule has 0 unspecified atom stereocenters. The zero-order valence-electron chi connectivity index (χ0n) is 6.11. The van der Waals surface area contributed by atoms with Crippen molar-refractivity contribution in [1.29, 1.82) is 0 Å². The van der Waals surface area contributed by atoms with Crippen molar-refractivity contribution in [3.8, 4) is 0 Å². The summed E-state index contributed by atoms with van der Waals surface area (Å²) in [6.07, 6.45) is 0.655. The van der Waals surface area contributed by atoms with Gasteiger partial charge < -0.3 is 10.5 Å². The van der Waals surface area contributed by atoms with E-state index in [2.05, 4.69) is 4.18 Å². The average Bonchev–Trinajstić information content (AvgIpc) is 2.19. The van der Waals surface area contributed by atoms with Crippen LogP contribution in [0.2, 0.25) is 0 Å². The minimum Gasteiger partial charge on any atom is -0.727 e. The van der Waals surface area contributed by atoms with Crippen molar-refractivity contribution >= 4 is 23.6 Å². The van der Waals surface area contributed by atoms with E-state index in [0.29, 0.717) is 13.0 Å². The van der Waals surface area contributed by atoms with Crippen molar-refractivity contribution in [3.05, 3.63) is 0 Å². The second-order valence-electron chi connectivity index (χ2n) is 1.44. The summed E-state index contributed by atoms with van der Waals surface area (Å²) >= 11 is 0. The predicted octanol–water partition coefficient (Wildman–Crippen LogP) is -4.33. The molecule has 0 atom stereocenters. The minimum atomic E-state index is -3.05. The summed E-state index contributed by atoms with van der Waals surface area (Å²) in [4.78, 5) is 0. The van der Waals surface area contributed by atoms with Gasteiger partial charge in [-0.25, -0.2) is 0 Å². The van der Waals surface area contributed by atoms with Gasteiger partial charge in [0, 0.05) is 0 Å². The number of rotatable bonds is 0. The second-order valence-corrected chi connectivity index (χ2v) is 3.20. The fourth-order valence-corrected chi connectivity index (χ4v) is 1.44. The van der Waals surface area contributed by atoms with Gasteiger partial charge in [-0.2, -0.15) is 21.9 Å². The van der Waals surface area contributed by atoms with Crippen LogP contribution in [0.25, 0.3) is 0 Å². The molecule has 1 aliphatic heterocycles. The minimum absolute atomic E-state index is 0. The van der Waals surface area contributed by atoms with Crippen LogP contribution in [0.15, 0.2) is 0 Å². The van der Waals surface area contributed by atoms with E-state index in [-0.39, 0.29) is 48.8 Å². The Bertz CT molecular complexity index is 143.